The van der Waals surface area contributed by atoms with Crippen LogP contribution < -0.4 is 0 Å². The van der Waals surface area contributed by atoms with E-state index < -0.39 is 11.4 Å². The van der Waals surface area contributed by atoms with E-state index in [9.17, 15) is 15.0 Å². The van der Waals surface area contributed by atoms with E-state index in [1.54, 1.807) is 5.57 Å². The zero-order chi connectivity index (χ0) is 24.2. The van der Waals surface area contributed by atoms with Gasteiger partial charge in [-0.1, -0.05) is 60.1 Å². The number of hydrogen-bond acceptors (Lipinski definition) is 2. The molecule has 0 amide bonds. The number of carboxylic acid groups (broad SMARTS) is 1. The van der Waals surface area contributed by atoms with Crippen LogP contribution in [0.3, 0.4) is 0 Å². The third-order valence-electron chi connectivity index (χ3n) is 13.4. The first-order valence-electron chi connectivity index (χ1n) is 13.9. The Balaban J connectivity index is 1.61. The Kier molecular flexibility index (Phi) is 5.15. The van der Waals surface area contributed by atoms with Crippen LogP contribution in [0.4, 0.5) is 0 Å². The second kappa shape index (κ2) is 7.11. The highest BCUT2D eigenvalue weighted by atomic mass is 16.4. The van der Waals surface area contributed by atoms with E-state index in [0.29, 0.717) is 23.7 Å². The molecule has 0 heterocycles. The van der Waals surface area contributed by atoms with Crippen LogP contribution in [0.1, 0.15) is 106 Å². The third kappa shape index (κ3) is 2.75. The van der Waals surface area contributed by atoms with E-state index in [1.165, 1.54) is 6.42 Å². The number of aliphatic carboxylic acids is 1. The monoisotopic (exact) mass is 456 g/mol. The molecule has 2 N–H and O–H groups in total. The zero-order valence-electron chi connectivity index (χ0n) is 22.2. The number of aliphatic hydroxyl groups excluding tert-OH is 1. The van der Waals surface area contributed by atoms with Crippen LogP contribution in [0.5, 0.6) is 0 Å². The molecule has 0 aromatic carbocycles. The van der Waals surface area contributed by atoms with Crippen molar-refractivity contribution in [3.63, 3.8) is 0 Å². The topological polar surface area (TPSA) is 57.5 Å². The van der Waals surface area contributed by atoms with Crippen LogP contribution in [-0.2, 0) is 4.79 Å². The lowest BCUT2D eigenvalue weighted by Crippen LogP contribution is -2.66. The third-order valence-corrected chi connectivity index (χ3v) is 13.4. The summed E-state index contributed by atoms with van der Waals surface area (Å²) in [5.74, 6) is 1.88. The summed E-state index contributed by atoms with van der Waals surface area (Å²) < 4.78 is 0. The van der Waals surface area contributed by atoms with E-state index in [2.05, 4.69) is 54.5 Å². The number of carbonyl (C=O) groups is 1. The van der Waals surface area contributed by atoms with Crippen LogP contribution in [0.25, 0.3) is 0 Å². The largest absolute Gasteiger partial charge is 0.481 e. The van der Waals surface area contributed by atoms with Crippen molar-refractivity contribution in [1.82, 2.24) is 0 Å². The van der Waals surface area contributed by atoms with Gasteiger partial charge in [-0.2, -0.15) is 0 Å². The number of carboxylic acids is 1. The van der Waals surface area contributed by atoms with Crippen LogP contribution in [-0.4, -0.2) is 22.3 Å². The number of hydrogen-bond donors (Lipinski definition) is 2. The van der Waals surface area contributed by atoms with E-state index in [4.69, 9.17) is 0 Å². The van der Waals surface area contributed by atoms with E-state index in [1.807, 2.05) is 0 Å². The minimum absolute atomic E-state index is 0.0347. The molecule has 5 aliphatic rings. The van der Waals surface area contributed by atoms with Gasteiger partial charge in [0.05, 0.1) is 11.5 Å². The summed E-state index contributed by atoms with van der Waals surface area (Å²) in [5, 5.41) is 21.4. The SMILES string of the molecule is C[C@H]1[C@H](C)CC[C@]2(C(=O)O)CC[C@]3(C)C4=CC[C@H]5C(C)(C)[C@H](O)CC[C@]5(C)[C@H]4CC[C@@]3(C)[C@H]12. The minimum atomic E-state index is -0.536. The summed E-state index contributed by atoms with van der Waals surface area (Å²) in [5.41, 5.74) is 1.45. The van der Waals surface area contributed by atoms with Crippen LogP contribution in [0.15, 0.2) is 11.6 Å². The minimum Gasteiger partial charge on any atom is -0.481 e. The van der Waals surface area contributed by atoms with Gasteiger partial charge in [0.25, 0.3) is 0 Å². The van der Waals surface area contributed by atoms with Crippen molar-refractivity contribution in [1.29, 1.82) is 0 Å². The molecule has 3 nitrogen and oxygen atoms in total. The first kappa shape index (κ1) is 23.9. The molecule has 0 aromatic heterocycles. The van der Waals surface area contributed by atoms with Crippen LogP contribution >= 0.6 is 0 Å². The highest BCUT2D eigenvalue weighted by Gasteiger charge is 2.70. The highest BCUT2D eigenvalue weighted by Crippen LogP contribution is 2.75. The second-order valence-electron chi connectivity index (χ2n) is 14.5. The summed E-state index contributed by atoms with van der Waals surface area (Å²) >= 11 is 0. The quantitative estimate of drug-likeness (QED) is 0.414. The number of aliphatic hydroxyl groups is 1. The van der Waals surface area contributed by atoms with Gasteiger partial charge in [0.1, 0.15) is 0 Å². The molecule has 10 atom stereocenters. The van der Waals surface area contributed by atoms with E-state index in [-0.39, 0.29) is 33.7 Å². The van der Waals surface area contributed by atoms with Crippen molar-refractivity contribution >= 4 is 5.97 Å². The highest BCUT2D eigenvalue weighted by molar-refractivity contribution is 5.76. The summed E-state index contributed by atoms with van der Waals surface area (Å²) in [4.78, 5) is 12.9. The smallest absolute Gasteiger partial charge is 0.309 e. The van der Waals surface area contributed by atoms with Crippen molar-refractivity contribution in [2.45, 2.75) is 112 Å². The molecule has 0 saturated heterocycles. The molecule has 5 rings (SSSR count). The molecule has 5 aliphatic carbocycles. The van der Waals surface area contributed by atoms with E-state index in [0.717, 1.165) is 51.4 Å². The Labute approximate surface area is 201 Å². The van der Waals surface area contributed by atoms with Gasteiger partial charge in [0, 0.05) is 0 Å². The average Bonchev–Trinajstić information content (AvgIpc) is 2.74. The van der Waals surface area contributed by atoms with Crippen molar-refractivity contribution < 1.29 is 15.0 Å². The molecule has 4 saturated carbocycles. The molecule has 3 heteroatoms. The molecule has 0 aromatic rings. The molecular formula is C30H48O3. The molecule has 186 valence electrons. The number of allylic oxidation sites excluding steroid dienone is 2. The molecule has 0 bridgehead atoms. The average molecular weight is 457 g/mol. The molecule has 0 radical (unpaired) electrons. The molecule has 0 aliphatic heterocycles. The maximum absolute atomic E-state index is 12.9. The molecule has 0 spiro atoms. The number of rotatable bonds is 1. The fraction of sp³-hybridized carbons (Fsp3) is 0.900. The Hall–Kier alpha value is -0.830. The lowest BCUT2D eigenvalue weighted by atomic mass is 9.33. The molecule has 4 fully saturated rings. The predicted molar refractivity (Wildman–Crippen MR) is 133 cm³/mol. The zero-order valence-corrected chi connectivity index (χ0v) is 22.2. The normalized spacial score (nSPS) is 55.3. The van der Waals surface area contributed by atoms with Gasteiger partial charge in [-0.05, 0) is 109 Å². The van der Waals surface area contributed by atoms with Crippen molar-refractivity contribution in [2.75, 3.05) is 0 Å². The van der Waals surface area contributed by atoms with Gasteiger partial charge in [-0.25, -0.2) is 0 Å². The maximum atomic E-state index is 12.9. The summed E-state index contributed by atoms with van der Waals surface area (Å²) in [7, 11) is 0. The Bertz CT molecular complexity index is 874. The lowest BCUT2D eigenvalue weighted by Gasteiger charge is -2.71. The first-order valence-corrected chi connectivity index (χ1v) is 13.9. The van der Waals surface area contributed by atoms with Crippen molar-refractivity contribution in [3.8, 4) is 0 Å². The Morgan fingerprint density at radius 2 is 1.64 bits per heavy atom. The van der Waals surface area contributed by atoms with Crippen molar-refractivity contribution in [2.24, 2.45) is 56.7 Å². The number of fused-ring (bicyclic) bond motifs is 7. The first-order chi connectivity index (χ1) is 15.3. The van der Waals surface area contributed by atoms with Gasteiger partial charge in [0.2, 0.25) is 0 Å². The second-order valence-corrected chi connectivity index (χ2v) is 14.5. The summed E-state index contributed by atoms with van der Waals surface area (Å²) in [6, 6.07) is 0. The van der Waals surface area contributed by atoms with Gasteiger partial charge < -0.3 is 10.2 Å². The summed E-state index contributed by atoms with van der Waals surface area (Å²) in [6.45, 7) is 16.9. The molecule has 33 heavy (non-hydrogen) atoms. The van der Waals surface area contributed by atoms with Crippen LogP contribution in [0.2, 0.25) is 0 Å². The van der Waals surface area contributed by atoms with Gasteiger partial charge in [-0.3, -0.25) is 4.79 Å². The molecular weight excluding hydrogens is 408 g/mol. The van der Waals surface area contributed by atoms with Crippen LogP contribution in [0, 0.1) is 56.7 Å². The summed E-state index contributed by atoms with van der Waals surface area (Å²) in [6.07, 6.45) is 11.6. The fourth-order valence-electron chi connectivity index (χ4n) is 10.9. The van der Waals surface area contributed by atoms with Gasteiger partial charge >= 0.3 is 5.97 Å². The fourth-order valence-corrected chi connectivity index (χ4v) is 10.9. The maximum Gasteiger partial charge on any atom is 0.309 e. The standard InChI is InChI=1S/C30H48O3/c1-18-10-15-30(25(32)33)17-16-28(6)21-8-9-22-26(3,4)23(31)12-13-27(22,5)20(21)11-14-29(28,7)24(30)19(18)2/h8,18-20,22-24,31H,9-17H2,1-7H3,(H,32,33)/t18-,19+,20+,22+,23-,24+,27-,28-,29+,30+/m1/s1. The van der Waals surface area contributed by atoms with Crippen molar-refractivity contribution in [3.05, 3.63) is 11.6 Å². The van der Waals surface area contributed by atoms with E-state index >= 15 is 0 Å². The van der Waals surface area contributed by atoms with Gasteiger partial charge in [-0.15, -0.1) is 0 Å². The molecule has 0 unspecified atom stereocenters. The predicted octanol–water partition coefficient (Wildman–Crippen LogP) is 7.09. The van der Waals surface area contributed by atoms with Gasteiger partial charge in [0.15, 0.2) is 0 Å². The Morgan fingerprint density at radius 1 is 0.939 bits per heavy atom. The lowest BCUT2D eigenvalue weighted by molar-refractivity contribution is -0.206. The Morgan fingerprint density at radius 3 is 2.30 bits per heavy atom.